The normalized spacial score (nSPS) is 18.6. The maximum absolute atomic E-state index is 12.6. The molecular weight excluding hydrogens is 254 g/mol. The molecule has 1 aliphatic heterocycles. The first-order chi connectivity index (χ1) is 9.79. The van der Waals surface area contributed by atoms with Crippen molar-refractivity contribution in [3.05, 3.63) is 36.2 Å². The molecule has 0 spiro atoms. The number of carbonyl (C=O) groups excluding carboxylic acids is 1. The summed E-state index contributed by atoms with van der Waals surface area (Å²) >= 11 is 0. The monoisotopic (exact) mass is 271 g/mol. The lowest BCUT2D eigenvalue weighted by Crippen LogP contribution is -2.29. The molecule has 5 nitrogen and oxygen atoms in total. The number of rotatable bonds is 3. The number of aliphatic hydroxyl groups excluding tert-OH is 1. The number of carbonyl (C=O) groups is 1. The highest BCUT2D eigenvalue weighted by Crippen LogP contribution is 2.23. The van der Waals surface area contributed by atoms with Crippen LogP contribution in [0.1, 0.15) is 23.2 Å². The van der Waals surface area contributed by atoms with Crippen LogP contribution in [0.25, 0.3) is 11.0 Å². The van der Waals surface area contributed by atoms with Crippen molar-refractivity contribution in [1.82, 2.24) is 14.9 Å². The summed E-state index contributed by atoms with van der Waals surface area (Å²) in [4.78, 5) is 23.0. The van der Waals surface area contributed by atoms with Gasteiger partial charge in [0, 0.05) is 32.1 Å². The van der Waals surface area contributed by atoms with Gasteiger partial charge in [0.05, 0.1) is 11.1 Å². The minimum Gasteiger partial charge on any atom is -0.396 e. The lowest BCUT2D eigenvalue weighted by Gasteiger charge is -2.17. The van der Waals surface area contributed by atoms with Gasteiger partial charge < -0.3 is 10.0 Å². The van der Waals surface area contributed by atoms with Crippen LogP contribution in [0.2, 0.25) is 0 Å². The number of hydrogen-bond donors (Lipinski definition) is 1. The quantitative estimate of drug-likeness (QED) is 0.918. The Morgan fingerprint density at radius 1 is 1.35 bits per heavy atom. The molecule has 0 bridgehead atoms. The van der Waals surface area contributed by atoms with Gasteiger partial charge in [0.1, 0.15) is 5.52 Å². The molecule has 1 N–H and O–H groups in total. The third-order valence-electron chi connectivity index (χ3n) is 3.84. The summed E-state index contributed by atoms with van der Waals surface area (Å²) in [6.07, 6.45) is 4.96. The highest BCUT2D eigenvalue weighted by Gasteiger charge is 2.27. The first kappa shape index (κ1) is 13.0. The first-order valence-electron chi connectivity index (χ1n) is 6.89. The van der Waals surface area contributed by atoms with Gasteiger partial charge >= 0.3 is 0 Å². The van der Waals surface area contributed by atoms with Crippen molar-refractivity contribution in [3.8, 4) is 0 Å². The van der Waals surface area contributed by atoms with E-state index in [4.69, 9.17) is 5.11 Å². The van der Waals surface area contributed by atoms with E-state index < -0.39 is 0 Å². The fourth-order valence-electron chi connectivity index (χ4n) is 2.77. The molecule has 0 aliphatic carbocycles. The summed E-state index contributed by atoms with van der Waals surface area (Å²) in [5.41, 5.74) is 2.01. The summed E-state index contributed by atoms with van der Waals surface area (Å²) in [5, 5.41) is 8.99. The third-order valence-corrected chi connectivity index (χ3v) is 3.84. The van der Waals surface area contributed by atoms with Gasteiger partial charge in [-0.2, -0.15) is 0 Å². The van der Waals surface area contributed by atoms with Gasteiger partial charge in [-0.25, -0.2) is 0 Å². The third kappa shape index (κ3) is 2.36. The number of nitrogens with zero attached hydrogens (tertiary/aromatic N) is 3. The maximum Gasteiger partial charge on any atom is 0.256 e. The molecule has 0 saturated carbocycles. The van der Waals surface area contributed by atoms with Crippen LogP contribution in [0.15, 0.2) is 30.6 Å². The van der Waals surface area contributed by atoms with Crippen molar-refractivity contribution in [2.24, 2.45) is 5.92 Å². The Morgan fingerprint density at radius 2 is 2.20 bits per heavy atom. The molecule has 1 aromatic heterocycles. The Bertz CT molecular complexity index is 624. The van der Waals surface area contributed by atoms with E-state index in [-0.39, 0.29) is 12.5 Å². The number of para-hydroxylation sites is 1. The Morgan fingerprint density at radius 3 is 3.05 bits per heavy atom. The van der Waals surface area contributed by atoms with E-state index in [1.165, 1.54) is 0 Å². The summed E-state index contributed by atoms with van der Waals surface area (Å²) in [5.74, 6) is 0.418. The summed E-state index contributed by atoms with van der Waals surface area (Å²) in [6.45, 7) is 1.66. The molecule has 104 valence electrons. The first-order valence-corrected chi connectivity index (χ1v) is 6.89. The van der Waals surface area contributed by atoms with E-state index in [1.54, 1.807) is 18.5 Å². The van der Waals surface area contributed by atoms with Gasteiger partial charge in [-0.15, -0.1) is 0 Å². The van der Waals surface area contributed by atoms with Gasteiger partial charge in [0.25, 0.3) is 5.91 Å². The molecule has 1 saturated heterocycles. The van der Waals surface area contributed by atoms with Crippen LogP contribution < -0.4 is 0 Å². The molecule has 1 atom stereocenters. The van der Waals surface area contributed by atoms with E-state index in [0.29, 0.717) is 17.0 Å². The van der Waals surface area contributed by atoms with Crippen molar-refractivity contribution >= 4 is 16.9 Å². The zero-order valence-electron chi connectivity index (χ0n) is 11.2. The Kier molecular flexibility index (Phi) is 3.60. The minimum atomic E-state index is 0.0107. The van der Waals surface area contributed by atoms with Crippen LogP contribution in [-0.4, -0.2) is 45.6 Å². The molecule has 0 radical (unpaired) electrons. The number of likely N-dealkylation sites (tertiary alicyclic amines) is 1. The van der Waals surface area contributed by atoms with E-state index in [0.717, 1.165) is 31.4 Å². The number of benzene rings is 1. The maximum atomic E-state index is 12.6. The Labute approximate surface area is 117 Å². The van der Waals surface area contributed by atoms with Crippen LogP contribution >= 0.6 is 0 Å². The number of hydrogen-bond acceptors (Lipinski definition) is 4. The van der Waals surface area contributed by atoms with Crippen molar-refractivity contribution in [1.29, 1.82) is 0 Å². The second-order valence-corrected chi connectivity index (χ2v) is 5.15. The molecule has 1 unspecified atom stereocenters. The van der Waals surface area contributed by atoms with Crippen molar-refractivity contribution < 1.29 is 9.90 Å². The average molecular weight is 271 g/mol. The van der Waals surface area contributed by atoms with Gasteiger partial charge in [-0.1, -0.05) is 6.07 Å². The predicted octanol–water partition coefficient (Wildman–Crippen LogP) is 1.47. The largest absolute Gasteiger partial charge is 0.396 e. The molecule has 1 aliphatic rings. The second kappa shape index (κ2) is 5.54. The lowest BCUT2D eigenvalue weighted by atomic mass is 10.1. The number of amides is 1. The Hall–Kier alpha value is -2.01. The smallest absolute Gasteiger partial charge is 0.256 e. The lowest BCUT2D eigenvalue weighted by molar-refractivity contribution is 0.0786. The molecule has 20 heavy (non-hydrogen) atoms. The zero-order chi connectivity index (χ0) is 13.9. The summed E-state index contributed by atoms with van der Waals surface area (Å²) < 4.78 is 0. The highest BCUT2D eigenvalue weighted by atomic mass is 16.3. The molecule has 3 rings (SSSR count). The van der Waals surface area contributed by atoms with Crippen molar-refractivity contribution in [3.63, 3.8) is 0 Å². The predicted molar refractivity (Wildman–Crippen MR) is 75.3 cm³/mol. The van der Waals surface area contributed by atoms with Crippen molar-refractivity contribution in [2.75, 3.05) is 19.7 Å². The number of aliphatic hydroxyl groups is 1. The molecule has 1 fully saturated rings. The molecule has 2 heterocycles. The minimum absolute atomic E-state index is 0.0107. The van der Waals surface area contributed by atoms with E-state index in [9.17, 15) is 4.79 Å². The molecule has 1 aromatic carbocycles. The summed E-state index contributed by atoms with van der Waals surface area (Å²) in [7, 11) is 0. The number of aromatic nitrogens is 2. The van der Waals surface area contributed by atoms with Gasteiger partial charge in [0.15, 0.2) is 0 Å². The standard InChI is InChI=1S/C15H17N3O2/c19-9-5-11-4-8-18(10-11)15(20)12-2-1-3-13-14(12)17-7-6-16-13/h1-3,6-7,11,19H,4-5,8-10H2. The van der Waals surface area contributed by atoms with Gasteiger partial charge in [0.2, 0.25) is 0 Å². The van der Waals surface area contributed by atoms with E-state index in [2.05, 4.69) is 9.97 Å². The van der Waals surface area contributed by atoms with Crippen LogP contribution in [0, 0.1) is 5.92 Å². The van der Waals surface area contributed by atoms with Gasteiger partial charge in [-0.3, -0.25) is 14.8 Å². The average Bonchev–Trinajstić information content (AvgIpc) is 2.95. The molecule has 5 heteroatoms. The van der Waals surface area contributed by atoms with Crippen LogP contribution in [0.4, 0.5) is 0 Å². The van der Waals surface area contributed by atoms with E-state index in [1.807, 2.05) is 17.0 Å². The van der Waals surface area contributed by atoms with E-state index >= 15 is 0 Å². The Balaban J connectivity index is 1.86. The van der Waals surface area contributed by atoms with Crippen LogP contribution in [0.5, 0.6) is 0 Å². The fourth-order valence-corrected chi connectivity index (χ4v) is 2.77. The van der Waals surface area contributed by atoms with Crippen LogP contribution in [-0.2, 0) is 0 Å². The molecule has 2 aromatic rings. The molecular formula is C15H17N3O2. The second-order valence-electron chi connectivity index (χ2n) is 5.15. The van der Waals surface area contributed by atoms with Gasteiger partial charge in [-0.05, 0) is 30.9 Å². The van der Waals surface area contributed by atoms with Crippen LogP contribution in [0.3, 0.4) is 0 Å². The summed E-state index contributed by atoms with van der Waals surface area (Å²) in [6, 6.07) is 5.50. The molecule has 1 amide bonds. The highest BCUT2D eigenvalue weighted by molar-refractivity contribution is 6.04. The zero-order valence-corrected chi connectivity index (χ0v) is 11.2. The van der Waals surface area contributed by atoms with Crippen molar-refractivity contribution in [2.45, 2.75) is 12.8 Å². The topological polar surface area (TPSA) is 66.3 Å². The number of fused-ring (bicyclic) bond motifs is 1. The SMILES string of the molecule is O=C(c1cccc2nccnc12)N1CCC(CCO)C1. The fraction of sp³-hybridized carbons (Fsp3) is 0.400.